The Balaban J connectivity index is 1.39. The van der Waals surface area contributed by atoms with Gasteiger partial charge in [0.2, 0.25) is 0 Å². The molecule has 1 heterocycles. The highest BCUT2D eigenvalue weighted by molar-refractivity contribution is 5.81. The number of benzene rings is 2. The Morgan fingerprint density at radius 1 is 1.13 bits per heavy atom. The van der Waals surface area contributed by atoms with Crippen molar-refractivity contribution in [3.8, 4) is 0 Å². The number of nitrogens with one attached hydrogen (secondary N) is 1. The standard InChI is InChI=1S/C23H27N3O5/c1-17-6-2-3-7-18(17)10-13-24-22(27)16-31-23(28)19-11-14-25(15-12-19)20-8-4-5-9-21(20)26(29)30/h2-9,19H,10-16H2,1H3,(H,24,27). The summed E-state index contributed by atoms with van der Waals surface area (Å²) in [7, 11) is 0. The minimum atomic E-state index is -0.395. The number of carbonyl (C=O) groups excluding carboxylic acids is 2. The van der Waals surface area contributed by atoms with Crippen LogP contribution in [0.4, 0.5) is 11.4 Å². The molecule has 0 atom stereocenters. The molecule has 0 bridgehead atoms. The highest BCUT2D eigenvalue weighted by Crippen LogP contribution is 2.31. The molecule has 1 N–H and O–H groups in total. The molecule has 0 aliphatic carbocycles. The van der Waals surface area contributed by atoms with Crippen LogP contribution >= 0.6 is 0 Å². The van der Waals surface area contributed by atoms with E-state index in [1.165, 1.54) is 17.2 Å². The van der Waals surface area contributed by atoms with Crippen LogP contribution in [0.5, 0.6) is 0 Å². The molecule has 8 heteroatoms. The Bertz CT molecular complexity index is 938. The fraction of sp³-hybridized carbons (Fsp3) is 0.391. The second kappa shape index (κ2) is 10.6. The maximum Gasteiger partial charge on any atom is 0.309 e. The zero-order valence-corrected chi connectivity index (χ0v) is 17.6. The number of hydrogen-bond donors (Lipinski definition) is 1. The highest BCUT2D eigenvalue weighted by atomic mass is 16.6. The van der Waals surface area contributed by atoms with E-state index in [2.05, 4.69) is 5.32 Å². The van der Waals surface area contributed by atoms with Crippen molar-refractivity contribution in [1.29, 1.82) is 0 Å². The predicted molar refractivity (Wildman–Crippen MR) is 117 cm³/mol. The lowest BCUT2D eigenvalue weighted by Crippen LogP contribution is -2.38. The van der Waals surface area contributed by atoms with Gasteiger partial charge in [-0.3, -0.25) is 19.7 Å². The number of nitrogens with zero attached hydrogens (tertiary/aromatic N) is 2. The van der Waals surface area contributed by atoms with Gasteiger partial charge in [0.15, 0.2) is 6.61 Å². The zero-order chi connectivity index (χ0) is 22.2. The lowest BCUT2D eigenvalue weighted by molar-refractivity contribution is -0.384. The van der Waals surface area contributed by atoms with Gasteiger partial charge >= 0.3 is 5.97 Å². The van der Waals surface area contributed by atoms with Crippen LogP contribution in [0.15, 0.2) is 48.5 Å². The number of aryl methyl sites for hydroxylation is 1. The number of ether oxygens (including phenoxy) is 1. The lowest BCUT2D eigenvalue weighted by atomic mass is 9.96. The minimum Gasteiger partial charge on any atom is -0.455 e. The highest BCUT2D eigenvalue weighted by Gasteiger charge is 2.29. The van der Waals surface area contributed by atoms with E-state index in [1.54, 1.807) is 18.2 Å². The summed E-state index contributed by atoms with van der Waals surface area (Å²) in [5.74, 6) is -1.02. The van der Waals surface area contributed by atoms with Gasteiger partial charge in [-0.25, -0.2) is 0 Å². The molecule has 0 unspecified atom stereocenters. The van der Waals surface area contributed by atoms with E-state index in [0.717, 1.165) is 6.42 Å². The average Bonchev–Trinajstić information content (AvgIpc) is 2.79. The zero-order valence-electron chi connectivity index (χ0n) is 17.6. The smallest absolute Gasteiger partial charge is 0.309 e. The number of amides is 1. The van der Waals surface area contributed by atoms with E-state index < -0.39 is 10.9 Å². The van der Waals surface area contributed by atoms with Crippen LogP contribution in [-0.2, 0) is 20.7 Å². The monoisotopic (exact) mass is 425 g/mol. The van der Waals surface area contributed by atoms with Gasteiger partial charge in [-0.15, -0.1) is 0 Å². The quantitative estimate of drug-likeness (QED) is 0.396. The van der Waals surface area contributed by atoms with E-state index in [9.17, 15) is 19.7 Å². The van der Waals surface area contributed by atoms with E-state index >= 15 is 0 Å². The molecule has 1 saturated heterocycles. The molecule has 0 aromatic heterocycles. The number of piperidine rings is 1. The molecule has 0 spiro atoms. The molecule has 2 aromatic carbocycles. The first kappa shape index (κ1) is 22.3. The number of hydrogen-bond acceptors (Lipinski definition) is 6. The molecule has 1 amide bonds. The second-order valence-electron chi connectivity index (χ2n) is 7.64. The second-order valence-corrected chi connectivity index (χ2v) is 7.64. The fourth-order valence-corrected chi connectivity index (χ4v) is 3.77. The summed E-state index contributed by atoms with van der Waals surface area (Å²) in [6, 6.07) is 14.6. The van der Waals surface area contributed by atoms with Crippen LogP contribution in [0.2, 0.25) is 0 Å². The lowest BCUT2D eigenvalue weighted by Gasteiger charge is -2.32. The van der Waals surface area contributed by atoms with Gasteiger partial charge in [0.25, 0.3) is 11.6 Å². The molecular formula is C23H27N3O5. The number of para-hydroxylation sites is 2. The summed E-state index contributed by atoms with van der Waals surface area (Å²) in [6.07, 6.45) is 1.77. The third-order valence-electron chi connectivity index (χ3n) is 5.57. The van der Waals surface area contributed by atoms with Crippen molar-refractivity contribution in [1.82, 2.24) is 5.32 Å². The maximum absolute atomic E-state index is 12.3. The molecule has 1 aliphatic heterocycles. The summed E-state index contributed by atoms with van der Waals surface area (Å²) in [5.41, 5.74) is 2.97. The SMILES string of the molecule is Cc1ccccc1CCNC(=O)COC(=O)C1CCN(c2ccccc2[N+](=O)[O-])CC1. The molecule has 2 aromatic rings. The van der Waals surface area contributed by atoms with E-state index in [1.807, 2.05) is 36.1 Å². The van der Waals surface area contributed by atoms with E-state index in [4.69, 9.17) is 4.74 Å². The molecular weight excluding hydrogens is 398 g/mol. The van der Waals surface area contributed by atoms with Crippen molar-refractivity contribution in [3.05, 3.63) is 69.8 Å². The van der Waals surface area contributed by atoms with Crippen LogP contribution in [0, 0.1) is 23.0 Å². The first-order valence-electron chi connectivity index (χ1n) is 10.4. The van der Waals surface area contributed by atoms with Crippen LogP contribution in [0.3, 0.4) is 0 Å². The molecule has 1 aliphatic rings. The normalized spacial score (nSPS) is 14.2. The molecule has 31 heavy (non-hydrogen) atoms. The first-order valence-corrected chi connectivity index (χ1v) is 10.4. The molecule has 3 rings (SSSR count). The number of anilines is 1. The van der Waals surface area contributed by atoms with E-state index in [0.29, 0.717) is 38.2 Å². The minimum absolute atomic E-state index is 0.0610. The van der Waals surface area contributed by atoms with Crippen molar-refractivity contribution >= 4 is 23.3 Å². The van der Waals surface area contributed by atoms with Crippen LogP contribution in [0.1, 0.15) is 24.0 Å². The van der Waals surface area contributed by atoms with Crippen LogP contribution < -0.4 is 10.2 Å². The Hall–Kier alpha value is -3.42. The van der Waals surface area contributed by atoms with Gasteiger partial charge in [-0.2, -0.15) is 0 Å². The molecule has 164 valence electrons. The molecule has 0 radical (unpaired) electrons. The van der Waals surface area contributed by atoms with Gasteiger partial charge in [-0.05, 0) is 43.4 Å². The van der Waals surface area contributed by atoms with Crippen molar-refractivity contribution < 1.29 is 19.2 Å². The summed E-state index contributed by atoms with van der Waals surface area (Å²) in [5, 5.41) is 14.0. The Kier molecular flexibility index (Phi) is 7.59. The largest absolute Gasteiger partial charge is 0.455 e. The molecule has 8 nitrogen and oxygen atoms in total. The Labute approximate surface area is 181 Å². The predicted octanol–water partition coefficient (Wildman–Crippen LogP) is 3.02. The Morgan fingerprint density at radius 3 is 2.52 bits per heavy atom. The van der Waals surface area contributed by atoms with Crippen LogP contribution in [-0.4, -0.2) is 43.0 Å². The molecule has 0 saturated carbocycles. The summed E-state index contributed by atoms with van der Waals surface area (Å²) in [6.45, 7) is 3.26. The summed E-state index contributed by atoms with van der Waals surface area (Å²) >= 11 is 0. The van der Waals surface area contributed by atoms with Crippen molar-refractivity contribution in [2.24, 2.45) is 5.92 Å². The third kappa shape index (κ3) is 6.04. The third-order valence-corrected chi connectivity index (χ3v) is 5.57. The Morgan fingerprint density at radius 2 is 1.81 bits per heavy atom. The first-order chi connectivity index (χ1) is 15.0. The van der Waals surface area contributed by atoms with Crippen molar-refractivity contribution in [2.75, 3.05) is 31.1 Å². The number of rotatable bonds is 8. The molecule has 1 fully saturated rings. The van der Waals surface area contributed by atoms with Gasteiger partial charge in [0.05, 0.1) is 10.8 Å². The summed E-state index contributed by atoms with van der Waals surface area (Å²) < 4.78 is 5.19. The van der Waals surface area contributed by atoms with Crippen molar-refractivity contribution in [2.45, 2.75) is 26.2 Å². The fourth-order valence-electron chi connectivity index (χ4n) is 3.77. The van der Waals surface area contributed by atoms with E-state index in [-0.39, 0.29) is 24.1 Å². The van der Waals surface area contributed by atoms with Gasteiger partial charge in [-0.1, -0.05) is 36.4 Å². The number of carbonyl (C=O) groups is 2. The topological polar surface area (TPSA) is 102 Å². The average molecular weight is 425 g/mol. The van der Waals surface area contributed by atoms with Gasteiger partial charge < -0.3 is 15.0 Å². The van der Waals surface area contributed by atoms with Gasteiger partial charge in [0, 0.05) is 25.7 Å². The summed E-state index contributed by atoms with van der Waals surface area (Å²) in [4.78, 5) is 37.1. The van der Waals surface area contributed by atoms with Crippen LogP contribution in [0.25, 0.3) is 0 Å². The maximum atomic E-state index is 12.3. The van der Waals surface area contributed by atoms with Crippen molar-refractivity contribution in [3.63, 3.8) is 0 Å². The number of esters is 1. The number of nitro benzene ring substituents is 1. The number of nitro groups is 1. The van der Waals surface area contributed by atoms with Gasteiger partial charge in [0.1, 0.15) is 5.69 Å².